The molecule has 2 saturated heterocycles. The van der Waals surface area contributed by atoms with Gasteiger partial charge in [0.15, 0.2) is 6.04 Å². The summed E-state index contributed by atoms with van der Waals surface area (Å²) in [6, 6.07) is 6.14. The molecule has 4 heterocycles. The first-order valence-electron chi connectivity index (χ1n) is 14.4. The molecule has 1 aromatic heterocycles. The number of likely N-dealkylation sites (N-methyl/N-ethyl adjacent to an activating group) is 1. The Balaban J connectivity index is 1.44. The van der Waals surface area contributed by atoms with Gasteiger partial charge in [-0.2, -0.15) is 0 Å². The molecule has 258 valence electrons. The zero-order chi connectivity index (χ0) is 35.5. The van der Waals surface area contributed by atoms with Crippen molar-refractivity contribution in [3.8, 4) is 0 Å². The van der Waals surface area contributed by atoms with Gasteiger partial charge in [-0.3, -0.25) is 38.5 Å². The SMILES string of the molecule is CCN1CCN(N(C=O)C(C(=O)N[C@]2(NC=O)C(=O)N3C(C(=O)O)=C(CSc4nnnn4CC(=O)O)CS[C@H]32)c2ccccc2)C(=O)C1=O. The third-order valence-corrected chi connectivity index (χ3v) is 10.2. The third kappa shape index (κ3) is 6.38. The van der Waals surface area contributed by atoms with Gasteiger partial charge in [0.05, 0.1) is 6.54 Å². The molecule has 0 radical (unpaired) electrons. The molecule has 6 amide bonds. The number of hydrogen-bond donors (Lipinski definition) is 4. The van der Waals surface area contributed by atoms with E-state index in [0.29, 0.717) is 0 Å². The van der Waals surface area contributed by atoms with Crippen molar-refractivity contribution in [1.29, 1.82) is 0 Å². The highest BCUT2D eigenvalue weighted by Crippen LogP contribution is 2.46. The lowest BCUT2D eigenvalue weighted by atomic mass is 9.94. The molecule has 4 N–H and O–H groups in total. The molecular weight excluding hydrogens is 688 g/mol. The fraction of sp³-hybridized carbons (Fsp3) is 0.370. The van der Waals surface area contributed by atoms with Crippen LogP contribution in [-0.2, 0) is 44.9 Å². The Morgan fingerprint density at radius 3 is 2.51 bits per heavy atom. The van der Waals surface area contributed by atoms with Crippen LogP contribution < -0.4 is 10.6 Å². The molecule has 3 aliphatic rings. The molecule has 0 saturated carbocycles. The molecule has 2 aromatic rings. The standard InChI is InChI=1S/C27H28N10O10S2/c1-2-33-8-9-35(22(44)21(33)43)36(14-39)18(15-6-4-3-5-7-15)20(42)29-27(28-13-38)24(47)37-19(23(45)46)16(11-48-25(27)37)12-49-26-30-31-32-34(26)10-17(40)41/h3-7,13-14,18,25H,2,8-12H2,1H3,(H,28,38)(H,29,42)(H,40,41)(H,45,46)/t18?,25-,27+/m0/s1. The van der Waals surface area contributed by atoms with Crippen molar-refractivity contribution in [2.75, 3.05) is 31.1 Å². The van der Waals surface area contributed by atoms with E-state index in [4.69, 9.17) is 5.11 Å². The highest BCUT2D eigenvalue weighted by Gasteiger charge is 2.66. The van der Waals surface area contributed by atoms with Gasteiger partial charge in [0.25, 0.3) is 11.8 Å². The number of nitrogens with zero attached hydrogens (tertiary/aromatic N) is 8. The van der Waals surface area contributed by atoms with Crippen LogP contribution in [0.15, 0.2) is 46.8 Å². The maximum atomic E-state index is 14.1. The summed E-state index contributed by atoms with van der Waals surface area (Å²) in [6.07, 6.45) is 0.366. The summed E-state index contributed by atoms with van der Waals surface area (Å²) in [5.41, 5.74) is -2.13. The van der Waals surface area contributed by atoms with Crippen LogP contribution in [0.4, 0.5) is 0 Å². The summed E-state index contributed by atoms with van der Waals surface area (Å²) in [4.78, 5) is 104. The van der Waals surface area contributed by atoms with E-state index < -0.39 is 64.9 Å². The highest BCUT2D eigenvalue weighted by atomic mass is 32.2. The number of thioether (sulfide) groups is 2. The molecule has 0 bridgehead atoms. The Kier molecular flexibility index (Phi) is 10.2. The van der Waals surface area contributed by atoms with Gasteiger partial charge < -0.3 is 25.7 Å². The number of rotatable bonds is 15. The number of hydrogen-bond acceptors (Lipinski definition) is 13. The first-order valence-corrected chi connectivity index (χ1v) is 16.5. The Hall–Kier alpha value is -5.51. The largest absolute Gasteiger partial charge is 0.480 e. The number of carboxylic acid groups (broad SMARTS) is 2. The van der Waals surface area contributed by atoms with Gasteiger partial charge in [-0.05, 0) is 28.5 Å². The minimum atomic E-state index is -2.17. The predicted molar refractivity (Wildman–Crippen MR) is 165 cm³/mol. The van der Waals surface area contributed by atoms with E-state index in [0.717, 1.165) is 43.1 Å². The third-order valence-electron chi connectivity index (χ3n) is 7.80. The fourth-order valence-electron chi connectivity index (χ4n) is 5.55. The average Bonchev–Trinajstić information content (AvgIpc) is 3.52. The summed E-state index contributed by atoms with van der Waals surface area (Å²) < 4.78 is 1.01. The van der Waals surface area contributed by atoms with Crippen molar-refractivity contribution in [2.45, 2.75) is 35.7 Å². The molecule has 20 nitrogen and oxygen atoms in total. The maximum Gasteiger partial charge on any atom is 0.352 e. The number of amides is 6. The normalized spacial score (nSPS) is 21.0. The average molecular weight is 717 g/mol. The van der Waals surface area contributed by atoms with E-state index >= 15 is 0 Å². The highest BCUT2D eigenvalue weighted by molar-refractivity contribution is 8.01. The second-order valence-corrected chi connectivity index (χ2v) is 12.6. The molecule has 3 aliphatic heterocycles. The van der Waals surface area contributed by atoms with Crippen molar-refractivity contribution in [3.63, 3.8) is 0 Å². The summed E-state index contributed by atoms with van der Waals surface area (Å²) in [6.45, 7) is 1.35. The van der Waals surface area contributed by atoms with Gasteiger partial charge >= 0.3 is 23.8 Å². The van der Waals surface area contributed by atoms with E-state index in [-0.39, 0.29) is 60.3 Å². The molecule has 0 spiro atoms. The molecule has 22 heteroatoms. The van der Waals surface area contributed by atoms with Gasteiger partial charge in [-0.15, -0.1) is 16.9 Å². The molecular formula is C27H28N10O10S2. The monoisotopic (exact) mass is 716 g/mol. The van der Waals surface area contributed by atoms with Gasteiger partial charge in [-0.1, -0.05) is 42.1 Å². The van der Waals surface area contributed by atoms with Crippen LogP contribution in [0.25, 0.3) is 0 Å². The number of tetrazole rings is 1. The zero-order valence-electron chi connectivity index (χ0n) is 25.5. The Morgan fingerprint density at radius 1 is 1.14 bits per heavy atom. The maximum absolute atomic E-state index is 14.1. The van der Waals surface area contributed by atoms with Gasteiger partial charge in [0.1, 0.15) is 17.6 Å². The van der Waals surface area contributed by atoms with Crippen LogP contribution in [0.3, 0.4) is 0 Å². The predicted octanol–water partition coefficient (Wildman–Crippen LogP) is -2.53. The number of aromatic nitrogens is 4. The smallest absolute Gasteiger partial charge is 0.352 e. The van der Waals surface area contributed by atoms with Crippen LogP contribution in [-0.4, -0.2) is 141 Å². The van der Waals surface area contributed by atoms with Crippen LogP contribution >= 0.6 is 23.5 Å². The van der Waals surface area contributed by atoms with Crippen molar-refractivity contribution >= 4 is 71.9 Å². The lowest BCUT2D eigenvalue weighted by molar-refractivity contribution is -0.178. The minimum Gasteiger partial charge on any atom is -0.480 e. The Bertz CT molecular complexity index is 1740. The summed E-state index contributed by atoms with van der Waals surface area (Å²) in [7, 11) is 0. The van der Waals surface area contributed by atoms with Crippen LogP contribution in [0.5, 0.6) is 0 Å². The number of carboxylic acids is 2. The molecule has 5 rings (SSSR count). The first kappa shape index (κ1) is 34.8. The van der Waals surface area contributed by atoms with Gasteiger partial charge in [0, 0.05) is 24.6 Å². The summed E-state index contributed by atoms with van der Waals surface area (Å²) in [5.74, 6) is -6.68. The van der Waals surface area contributed by atoms with E-state index in [1.54, 1.807) is 25.1 Å². The van der Waals surface area contributed by atoms with E-state index in [1.165, 1.54) is 17.0 Å². The van der Waals surface area contributed by atoms with Gasteiger partial charge in [0.2, 0.25) is 23.6 Å². The molecule has 0 aliphatic carbocycles. The van der Waals surface area contributed by atoms with Gasteiger partial charge in [-0.25, -0.2) is 19.5 Å². The Morgan fingerprint density at radius 2 is 1.88 bits per heavy atom. The van der Waals surface area contributed by atoms with E-state index in [1.807, 2.05) is 0 Å². The number of fused-ring (bicyclic) bond motifs is 1. The molecule has 3 atom stereocenters. The van der Waals surface area contributed by atoms with Crippen molar-refractivity contribution in [1.82, 2.24) is 50.7 Å². The number of piperazine rings is 1. The number of carbonyl (C=O) groups excluding carboxylic acids is 6. The van der Waals surface area contributed by atoms with Crippen LogP contribution in [0.2, 0.25) is 0 Å². The number of nitrogens with one attached hydrogen (secondary N) is 2. The zero-order valence-corrected chi connectivity index (χ0v) is 27.1. The Labute approximate surface area is 284 Å². The van der Waals surface area contributed by atoms with Crippen molar-refractivity contribution in [2.24, 2.45) is 0 Å². The second kappa shape index (κ2) is 14.3. The number of β-lactam (4-membered cyclic amide) rings is 1. The molecule has 2 fully saturated rings. The quantitative estimate of drug-likeness (QED) is 0.0487. The number of hydrazine groups is 1. The van der Waals surface area contributed by atoms with E-state index in [9.17, 15) is 43.5 Å². The van der Waals surface area contributed by atoms with Crippen LogP contribution in [0.1, 0.15) is 18.5 Å². The van der Waals surface area contributed by atoms with E-state index in [2.05, 4.69) is 26.2 Å². The second-order valence-electron chi connectivity index (χ2n) is 10.6. The first-order chi connectivity index (χ1) is 23.5. The fourth-order valence-corrected chi connectivity index (χ4v) is 7.99. The molecule has 1 unspecified atom stereocenters. The molecule has 1 aromatic carbocycles. The molecule has 49 heavy (non-hydrogen) atoms. The topological polar surface area (TPSA) is 258 Å². The van der Waals surface area contributed by atoms with Crippen LogP contribution in [0, 0.1) is 0 Å². The lowest BCUT2D eigenvalue weighted by Crippen LogP contribution is -2.85. The summed E-state index contributed by atoms with van der Waals surface area (Å²) >= 11 is 1.97. The number of aliphatic carboxylic acids is 2. The van der Waals surface area contributed by atoms with Crippen molar-refractivity contribution < 1.29 is 48.6 Å². The number of carbonyl (C=O) groups is 8. The lowest BCUT2D eigenvalue weighted by Gasteiger charge is -2.56. The number of benzene rings is 1. The summed E-state index contributed by atoms with van der Waals surface area (Å²) in [5, 5.41) is 35.3. The van der Waals surface area contributed by atoms with Crippen molar-refractivity contribution in [3.05, 3.63) is 47.2 Å². The minimum absolute atomic E-state index is 0.00261.